The zero-order valence-electron chi connectivity index (χ0n) is 25.0. The van der Waals surface area contributed by atoms with E-state index in [1.807, 2.05) is 66.7 Å². The van der Waals surface area contributed by atoms with Gasteiger partial charge in [-0.3, -0.25) is 10.1 Å². The van der Waals surface area contributed by atoms with Gasteiger partial charge in [0.2, 0.25) is 5.88 Å². The Morgan fingerprint density at radius 1 is 0.936 bits per heavy atom. The highest BCUT2D eigenvalue weighted by Gasteiger charge is 2.26. The van der Waals surface area contributed by atoms with Crippen LogP contribution in [0.3, 0.4) is 0 Å². The van der Waals surface area contributed by atoms with Crippen LogP contribution in [0, 0.1) is 0 Å². The van der Waals surface area contributed by atoms with E-state index in [4.69, 9.17) is 9.47 Å². The van der Waals surface area contributed by atoms with Crippen LogP contribution in [-0.4, -0.2) is 50.3 Å². The highest BCUT2D eigenvalue weighted by atomic mass is 32.1. The number of thiazole rings is 2. The van der Waals surface area contributed by atoms with E-state index in [-0.39, 0.29) is 11.8 Å². The Balaban J connectivity index is 1.02. The van der Waals surface area contributed by atoms with Gasteiger partial charge in [-0.1, -0.05) is 46.9 Å². The molecule has 0 spiro atoms. The van der Waals surface area contributed by atoms with E-state index in [2.05, 4.69) is 30.2 Å². The molecule has 1 aliphatic heterocycles. The molecule has 0 radical (unpaired) electrons. The molecule has 6 aromatic rings. The third-order valence-corrected chi connectivity index (χ3v) is 9.74. The molecule has 236 valence electrons. The van der Waals surface area contributed by atoms with Crippen LogP contribution >= 0.6 is 22.7 Å². The fourth-order valence-electron chi connectivity index (χ4n) is 5.40. The number of carboxylic acid groups (broad SMARTS) is 1. The molecule has 0 saturated carbocycles. The lowest BCUT2D eigenvalue weighted by atomic mass is 9.94. The summed E-state index contributed by atoms with van der Waals surface area (Å²) in [6.07, 6.45) is 3.85. The van der Waals surface area contributed by atoms with Gasteiger partial charge in [0.1, 0.15) is 5.75 Å². The molecular weight excluding hydrogens is 637 g/mol. The van der Waals surface area contributed by atoms with E-state index in [1.54, 1.807) is 18.5 Å². The minimum Gasteiger partial charge on any atom is -0.494 e. The summed E-state index contributed by atoms with van der Waals surface area (Å²) in [5, 5.41) is 13.5. The smallest absolute Gasteiger partial charge is 0.494 e. The largest absolute Gasteiger partial charge is 0.512 e. The summed E-state index contributed by atoms with van der Waals surface area (Å²) in [6, 6.07) is 22.9. The van der Waals surface area contributed by atoms with Gasteiger partial charge >= 0.3 is 6.16 Å². The number of hydrogen-bond acceptors (Lipinski definition) is 11. The van der Waals surface area contributed by atoms with Gasteiger partial charge in [-0.2, -0.15) is 4.98 Å². The Bertz CT molecular complexity index is 2010. The molecule has 3 aromatic heterocycles. The highest BCUT2D eigenvalue weighted by molar-refractivity contribution is 7.22. The molecule has 13 heteroatoms. The molecule has 4 heterocycles. The highest BCUT2D eigenvalue weighted by Crippen LogP contribution is 2.36. The van der Waals surface area contributed by atoms with Gasteiger partial charge in [-0.15, -0.1) is 0 Å². The first kappa shape index (κ1) is 30.3. The number of nitrogens with one attached hydrogen (secondary N) is 1. The molecule has 0 atom stereocenters. The molecule has 7 rings (SSSR count). The Hall–Kier alpha value is -5.40. The number of nitrogens with zero attached hydrogens (tertiary/aromatic N) is 5. The summed E-state index contributed by atoms with van der Waals surface area (Å²) in [5.74, 6) is 1.22. The van der Waals surface area contributed by atoms with Crippen LogP contribution in [0.5, 0.6) is 11.6 Å². The maximum Gasteiger partial charge on any atom is 0.512 e. The number of ether oxygens (including phenoxy) is 2. The van der Waals surface area contributed by atoms with Crippen LogP contribution in [0.1, 0.15) is 32.8 Å². The summed E-state index contributed by atoms with van der Waals surface area (Å²) in [7, 11) is 0. The first-order valence-electron chi connectivity index (χ1n) is 14.9. The van der Waals surface area contributed by atoms with Crippen LogP contribution in [0.2, 0.25) is 0 Å². The van der Waals surface area contributed by atoms with Crippen LogP contribution in [0.15, 0.2) is 85.2 Å². The van der Waals surface area contributed by atoms with E-state index in [0.717, 1.165) is 31.8 Å². The molecular formula is C34H28N6O5S2. The fourth-order valence-corrected chi connectivity index (χ4v) is 7.32. The lowest BCUT2D eigenvalue weighted by Crippen LogP contribution is -2.32. The van der Waals surface area contributed by atoms with E-state index >= 15 is 0 Å². The van der Waals surface area contributed by atoms with Gasteiger partial charge < -0.3 is 19.5 Å². The van der Waals surface area contributed by atoms with Gasteiger partial charge in [0.05, 0.1) is 21.7 Å². The molecule has 1 amide bonds. The van der Waals surface area contributed by atoms with Crippen molar-refractivity contribution in [2.45, 2.75) is 25.8 Å². The molecule has 2 N–H and O–H groups in total. The SMILES string of the molecule is O=C(O)Oc1nc(N2CCc3cccc(C(=O)Nc4nc5ccccc5s4)c3C2)sc1CCCOc1ccc(-c2ncccn2)cc1. The first-order chi connectivity index (χ1) is 23.0. The number of fused-ring (bicyclic) bond motifs is 2. The van der Waals surface area contributed by atoms with Crippen LogP contribution in [0.25, 0.3) is 21.6 Å². The second kappa shape index (κ2) is 13.5. The van der Waals surface area contributed by atoms with Gasteiger partial charge in [-0.05, 0) is 78.9 Å². The average molecular weight is 665 g/mol. The van der Waals surface area contributed by atoms with Crippen molar-refractivity contribution >= 4 is 55.2 Å². The van der Waals surface area contributed by atoms with Crippen molar-refractivity contribution in [3.05, 3.63) is 107 Å². The predicted octanol–water partition coefficient (Wildman–Crippen LogP) is 7.09. The summed E-state index contributed by atoms with van der Waals surface area (Å²) < 4.78 is 12.0. The second-order valence-electron chi connectivity index (χ2n) is 10.7. The zero-order chi connectivity index (χ0) is 32.2. The minimum atomic E-state index is -1.42. The summed E-state index contributed by atoms with van der Waals surface area (Å²) >= 11 is 2.83. The number of anilines is 2. The van der Waals surface area contributed by atoms with E-state index in [9.17, 15) is 14.7 Å². The van der Waals surface area contributed by atoms with Crippen LogP contribution in [-0.2, 0) is 19.4 Å². The topological polar surface area (TPSA) is 140 Å². The third kappa shape index (κ3) is 6.90. The monoisotopic (exact) mass is 664 g/mol. The lowest BCUT2D eigenvalue weighted by molar-refractivity contribution is 0.102. The van der Waals surface area contributed by atoms with E-state index in [1.165, 1.54) is 22.7 Å². The molecule has 0 aliphatic carbocycles. The lowest BCUT2D eigenvalue weighted by Gasteiger charge is -2.29. The molecule has 0 unspecified atom stereocenters. The van der Waals surface area contributed by atoms with E-state index in [0.29, 0.717) is 66.4 Å². The number of carbonyl (C=O) groups is 2. The van der Waals surface area contributed by atoms with Crippen molar-refractivity contribution in [2.24, 2.45) is 0 Å². The normalized spacial score (nSPS) is 12.5. The van der Waals surface area contributed by atoms with Crippen molar-refractivity contribution in [2.75, 3.05) is 23.4 Å². The minimum absolute atomic E-state index is 0.0809. The maximum atomic E-state index is 13.4. The zero-order valence-corrected chi connectivity index (χ0v) is 26.6. The standard InChI is InChI=1S/C34H28N6O5S2/c41-30(38-32-37-26-8-1-2-9-27(26)46-32)24-7-3-6-21-15-18-40(20-25(21)24)33-39-31(45-34(42)43)28(47-33)10-4-19-44-23-13-11-22(12-14-23)29-35-16-5-17-36-29/h1-3,5-9,11-14,16-17H,4,10,15,18-20H2,(H,42,43)(H,37,38,41). The van der Waals surface area contributed by atoms with Crippen molar-refractivity contribution in [3.63, 3.8) is 0 Å². The molecule has 0 bridgehead atoms. The molecule has 11 nitrogen and oxygen atoms in total. The maximum absolute atomic E-state index is 13.4. The number of para-hydroxylation sites is 1. The fraction of sp³-hybridized carbons (Fsp3) is 0.176. The number of carbonyl (C=O) groups excluding carboxylic acids is 1. The number of aromatic nitrogens is 4. The van der Waals surface area contributed by atoms with Crippen molar-refractivity contribution < 1.29 is 24.2 Å². The van der Waals surface area contributed by atoms with Crippen molar-refractivity contribution in [1.82, 2.24) is 19.9 Å². The Kier molecular flexibility index (Phi) is 8.71. The third-order valence-electron chi connectivity index (χ3n) is 7.63. The van der Waals surface area contributed by atoms with Crippen molar-refractivity contribution in [3.8, 4) is 23.0 Å². The number of amides is 1. The second-order valence-corrected chi connectivity index (χ2v) is 12.8. The quantitative estimate of drug-likeness (QED) is 0.115. The number of rotatable bonds is 10. The van der Waals surface area contributed by atoms with Gasteiger partial charge in [-0.25, -0.2) is 19.7 Å². The molecule has 1 aliphatic rings. The number of aryl methyl sites for hydroxylation is 1. The van der Waals surface area contributed by atoms with Gasteiger partial charge in [0.25, 0.3) is 5.91 Å². The Morgan fingerprint density at radius 3 is 2.57 bits per heavy atom. The van der Waals surface area contributed by atoms with Gasteiger partial charge in [0, 0.05) is 36.6 Å². The summed E-state index contributed by atoms with van der Waals surface area (Å²) in [6.45, 7) is 1.54. The molecule has 47 heavy (non-hydrogen) atoms. The Morgan fingerprint density at radius 2 is 1.77 bits per heavy atom. The van der Waals surface area contributed by atoms with E-state index < -0.39 is 6.16 Å². The number of hydrogen-bond donors (Lipinski definition) is 2. The summed E-state index contributed by atoms with van der Waals surface area (Å²) in [4.78, 5) is 45.3. The van der Waals surface area contributed by atoms with Crippen LogP contribution < -0.4 is 19.7 Å². The molecule has 3 aromatic carbocycles. The molecule has 0 saturated heterocycles. The Labute approximate surface area is 277 Å². The predicted molar refractivity (Wildman–Crippen MR) is 181 cm³/mol. The summed E-state index contributed by atoms with van der Waals surface area (Å²) in [5.41, 5.74) is 4.32. The van der Waals surface area contributed by atoms with Crippen molar-refractivity contribution in [1.29, 1.82) is 0 Å². The average Bonchev–Trinajstić information content (AvgIpc) is 3.69. The van der Waals surface area contributed by atoms with Gasteiger partial charge in [0.15, 0.2) is 16.1 Å². The molecule has 0 fully saturated rings. The van der Waals surface area contributed by atoms with Crippen LogP contribution in [0.4, 0.5) is 15.1 Å². The number of benzene rings is 3. The first-order valence-corrected chi connectivity index (χ1v) is 16.6.